The molecule has 0 spiro atoms. The van der Waals surface area contributed by atoms with Crippen molar-refractivity contribution in [1.82, 2.24) is 20.0 Å². The number of nitrogens with one attached hydrogen (secondary N) is 1. The monoisotopic (exact) mass is 674 g/mol. The average Bonchev–Trinajstić information content (AvgIpc) is 3.80. The molecule has 7 atom stereocenters. The van der Waals surface area contributed by atoms with E-state index in [1.165, 1.54) is 9.80 Å². The molecule has 266 valence electrons. The maximum absolute atomic E-state index is 14.3. The van der Waals surface area contributed by atoms with E-state index in [0.717, 1.165) is 56.1 Å². The third-order valence-corrected chi connectivity index (χ3v) is 12.2. The third-order valence-electron chi connectivity index (χ3n) is 12.2. The van der Waals surface area contributed by atoms with Crippen LogP contribution in [0, 0.1) is 17.3 Å². The van der Waals surface area contributed by atoms with Gasteiger partial charge in [0.1, 0.15) is 12.1 Å². The van der Waals surface area contributed by atoms with Crippen molar-refractivity contribution in [2.24, 2.45) is 17.3 Å². The number of hydrogen-bond acceptors (Lipinski definition) is 6. The lowest BCUT2D eigenvalue weighted by Gasteiger charge is -2.64. The number of carbonyl (C=O) groups excluding carboxylic acids is 3. The van der Waals surface area contributed by atoms with Gasteiger partial charge in [-0.2, -0.15) is 0 Å². The number of likely N-dealkylation sites (N-methyl/N-ethyl adjacent to an activating group) is 1. The molecule has 3 aliphatic carbocycles. The quantitative estimate of drug-likeness (QED) is 0.154. The second-order valence-electron chi connectivity index (χ2n) is 15.7. The largest absolute Gasteiger partial charge is 0.481 e. The number of nitrogens with zero attached hydrogens (tertiary/aromatic N) is 3. The van der Waals surface area contributed by atoms with Crippen molar-refractivity contribution in [3.8, 4) is 0 Å². The number of ether oxygens (including phenoxy) is 1. The molecule has 0 aromatic heterocycles. The van der Waals surface area contributed by atoms with Crippen LogP contribution in [0.15, 0.2) is 49.6 Å². The molecule has 49 heavy (non-hydrogen) atoms. The van der Waals surface area contributed by atoms with E-state index >= 15 is 0 Å². The summed E-state index contributed by atoms with van der Waals surface area (Å²) in [6.45, 7) is 15.9. The van der Waals surface area contributed by atoms with Gasteiger partial charge in [-0.1, -0.05) is 69.5 Å². The Kier molecular flexibility index (Phi) is 10.5. The van der Waals surface area contributed by atoms with Gasteiger partial charge in [-0.25, -0.2) is 9.59 Å². The van der Waals surface area contributed by atoms with Crippen LogP contribution in [-0.4, -0.2) is 89.8 Å². The highest BCUT2D eigenvalue weighted by atomic mass is 16.7. The number of urea groups is 1. The number of benzene rings is 1. The molecule has 7 rings (SSSR count). The maximum atomic E-state index is 14.3. The predicted molar refractivity (Wildman–Crippen MR) is 189 cm³/mol. The van der Waals surface area contributed by atoms with Crippen LogP contribution in [0.1, 0.15) is 89.7 Å². The molecule has 4 amide bonds. The summed E-state index contributed by atoms with van der Waals surface area (Å²) in [4.78, 5) is 45.9. The summed E-state index contributed by atoms with van der Waals surface area (Å²) in [5.41, 5.74) is 2.01. The highest BCUT2D eigenvalue weighted by molar-refractivity contribution is 6.47. The first kappa shape index (κ1) is 35.5. The van der Waals surface area contributed by atoms with Crippen LogP contribution in [0.3, 0.4) is 0 Å². The number of carbonyl (C=O) groups is 3. The zero-order valence-corrected chi connectivity index (χ0v) is 29.9. The standard InChI is InChI=1S/C38H55BN4O6/c1-7-9-10-11-12-13-18-33(39-48-32-21-28-20-31(37(28,3)4)38(32,5)49-39)40-34(44)30-22-29(25-43(30)35(45)41(6)19-8-2)47-36(46)42-23-26-16-14-15-17-27(26)24-42/h7-8,14-17,28-33H,1-2,9-13,18-25H2,3-6H3,(H,40,44)/t28-,29+,30-,31-,32?,33-,38+/m0/s1. The smallest absolute Gasteiger partial charge is 0.444 e. The van der Waals surface area contributed by atoms with Crippen LogP contribution in [0.25, 0.3) is 0 Å². The predicted octanol–water partition coefficient (Wildman–Crippen LogP) is 6.10. The van der Waals surface area contributed by atoms with Crippen LogP contribution in [-0.2, 0) is 31.9 Å². The number of fused-ring (bicyclic) bond motifs is 1. The summed E-state index contributed by atoms with van der Waals surface area (Å²) in [5.74, 6) is 0.380. The molecule has 3 saturated carbocycles. The number of amides is 4. The van der Waals surface area contributed by atoms with Crippen LogP contribution in [0.2, 0.25) is 0 Å². The minimum absolute atomic E-state index is 0.00102. The van der Waals surface area contributed by atoms with Gasteiger partial charge in [0.15, 0.2) is 0 Å². The SMILES string of the molecule is C=CCCCCCC[C@H](NC(=O)[C@@H]1C[C@@H](OC(=O)N2Cc3ccccc3C2)CN1C(=O)N(C)CC=C)B1OC2C[C@@H]3C[C@@H](C3(C)C)[C@@]2(C)O1. The number of likely N-dealkylation sites (tertiary alicyclic amines) is 1. The molecule has 1 unspecified atom stereocenters. The average molecular weight is 675 g/mol. The molecule has 3 aliphatic heterocycles. The minimum atomic E-state index is -0.811. The molecule has 1 aromatic rings. The fourth-order valence-corrected chi connectivity index (χ4v) is 9.15. The van der Waals surface area contributed by atoms with Crippen LogP contribution in [0.5, 0.6) is 0 Å². The van der Waals surface area contributed by atoms with Crippen molar-refractivity contribution >= 4 is 25.1 Å². The van der Waals surface area contributed by atoms with E-state index in [1.807, 2.05) is 30.3 Å². The van der Waals surface area contributed by atoms with Gasteiger partial charge in [-0.05, 0) is 67.4 Å². The van der Waals surface area contributed by atoms with Gasteiger partial charge >= 0.3 is 19.2 Å². The second kappa shape index (κ2) is 14.5. The molecule has 3 heterocycles. The fourth-order valence-electron chi connectivity index (χ4n) is 9.15. The van der Waals surface area contributed by atoms with E-state index in [0.29, 0.717) is 37.9 Å². The van der Waals surface area contributed by atoms with Crippen molar-refractivity contribution < 1.29 is 28.4 Å². The Hall–Kier alpha value is -3.31. The van der Waals surface area contributed by atoms with E-state index in [2.05, 4.69) is 39.2 Å². The zero-order valence-electron chi connectivity index (χ0n) is 29.9. The molecular weight excluding hydrogens is 619 g/mol. The molecule has 2 saturated heterocycles. The van der Waals surface area contributed by atoms with Crippen LogP contribution >= 0.6 is 0 Å². The van der Waals surface area contributed by atoms with E-state index in [9.17, 15) is 14.4 Å². The van der Waals surface area contributed by atoms with Gasteiger partial charge in [0, 0.05) is 33.1 Å². The second-order valence-corrected chi connectivity index (χ2v) is 15.7. The Morgan fingerprint density at radius 3 is 2.45 bits per heavy atom. The first-order valence-corrected chi connectivity index (χ1v) is 18.4. The number of unbranched alkanes of at least 4 members (excludes halogenated alkanes) is 4. The summed E-state index contributed by atoms with van der Waals surface area (Å²) in [6.07, 6.45) is 10.7. The summed E-state index contributed by atoms with van der Waals surface area (Å²) in [5, 5.41) is 3.29. The van der Waals surface area contributed by atoms with Gasteiger partial charge in [0.2, 0.25) is 5.91 Å². The van der Waals surface area contributed by atoms with Gasteiger partial charge in [0.05, 0.1) is 24.2 Å². The van der Waals surface area contributed by atoms with Gasteiger partial charge in [-0.15, -0.1) is 13.2 Å². The first-order chi connectivity index (χ1) is 23.5. The minimum Gasteiger partial charge on any atom is -0.444 e. The van der Waals surface area contributed by atoms with E-state index < -0.39 is 31.0 Å². The molecular formula is C38H55BN4O6. The molecule has 11 heteroatoms. The molecule has 1 N–H and O–H groups in total. The first-order valence-electron chi connectivity index (χ1n) is 18.4. The van der Waals surface area contributed by atoms with Crippen molar-refractivity contribution in [1.29, 1.82) is 0 Å². The summed E-state index contributed by atoms with van der Waals surface area (Å²) in [6, 6.07) is 6.85. The Balaban J connectivity index is 1.15. The van der Waals surface area contributed by atoms with Crippen molar-refractivity contribution in [3.63, 3.8) is 0 Å². The van der Waals surface area contributed by atoms with Gasteiger partial charge in [0.25, 0.3) is 0 Å². The van der Waals surface area contributed by atoms with Crippen LogP contribution in [0.4, 0.5) is 9.59 Å². The van der Waals surface area contributed by atoms with E-state index in [-0.39, 0.29) is 42.4 Å². The molecule has 5 fully saturated rings. The molecule has 1 aromatic carbocycles. The summed E-state index contributed by atoms with van der Waals surface area (Å²) in [7, 11) is 1.12. The number of hydrogen-bond donors (Lipinski definition) is 1. The topological polar surface area (TPSA) is 101 Å². The zero-order chi connectivity index (χ0) is 34.9. The van der Waals surface area contributed by atoms with Crippen molar-refractivity contribution in [3.05, 3.63) is 60.7 Å². The Bertz CT molecular complexity index is 1400. The molecule has 2 bridgehead atoms. The molecule has 6 aliphatic rings. The fraction of sp³-hybridized carbons (Fsp3) is 0.658. The number of rotatable bonds is 13. The highest BCUT2D eigenvalue weighted by Gasteiger charge is 2.68. The molecule has 10 nitrogen and oxygen atoms in total. The van der Waals surface area contributed by atoms with Gasteiger partial charge < -0.3 is 29.2 Å². The lowest BCUT2D eigenvalue weighted by Crippen LogP contribution is -2.65. The summed E-state index contributed by atoms with van der Waals surface area (Å²) < 4.78 is 19.5. The maximum Gasteiger partial charge on any atom is 0.481 e. The van der Waals surface area contributed by atoms with E-state index in [1.54, 1.807) is 18.0 Å². The van der Waals surface area contributed by atoms with E-state index in [4.69, 9.17) is 14.0 Å². The number of allylic oxidation sites excluding steroid dienone is 1. The third kappa shape index (κ3) is 7.02. The lowest BCUT2D eigenvalue weighted by atomic mass is 9.43. The lowest BCUT2D eigenvalue weighted by molar-refractivity contribution is -0.199. The summed E-state index contributed by atoms with van der Waals surface area (Å²) >= 11 is 0. The van der Waals surface area contributed by atoms with Crippen molar-refractivity contribution in [2.45, 2.75) is 121 Å². The Morgan fingerprint density at radius 2 is 1.78 bits per heavy atom. The van der Waals surface area contributed by atoms with Crippen molar-refractivity contribution in [2.75, 3.05) is 20.1 Å². The molecule has 0 radical (unpaired) electrons. The Labute approximate surface area is 292 Å². The van der Waals surface area contributed by atoms with Gasteiger partial charge in [-0.3, -0.25) is 9.69 Å². The highest BCUT2D eigenvalue weighted by Crippen LogP contribution is 2.65. The van der Waals surface area contributed by atoms with Crippen LogP contribution < -0.4 is 5.32 Å². The normalized spacial score (nSPS) is 29.8. The Morgan fingerprint density at radius 1 is 1.06 bits per heavy atom.